The maximum Gasteiger partial charge on any atom is 0.220 e. The molecule has 5 heteroatoms. The molecule has 32 heavy (non-hydrogen) atoms. The molecular weight excluding hydrogens is 400 g/mol. The summed E-state index contributed by atoms with van der Waals surface area (Å²) in [6.45, 7) is 9.81. The summed E-state index contributed by atoms with van der Waals surface area (Å²) in [5.41, 5.74) is 5.98. The number of amides is 1. The molecule has 184 valence electrons. The lowest BCUT2D eigenvalue weighted by Crippen LogP contribution is -2.62. The number of carbonyl (C=O) groups excluding carboxylic acids is 1. The number of carbonyl (C=O) groups is 1. The Kier molecular flexibility index (Phi) is 7.03. The molecule has 0 radical (unpaired) electrons. The molecule has 1 amide bonds. The van der Waals surface area contributed by atoms with Crippen LogP contribution in [0, 0.1) is 52.3 Å². The summed E-state index contributed by atoms with van der Waals surface area (Å²) in [6, 6.07) is 0. The second kappa shape index (κ2) is 9.19. The van der Waals surface area contributed by atoms with Crippen LogP contribution in [0.5, 0.6) is 0 Å². The highest BCUT2D eigenvalue weighted by Gasteiger charge is 2.64. The molecule has 4 saturated carbocycles. The quantitative estimate of drug-likeness (QED) is 0.461. The largest absolute Gasteiger partial charge is 0.393 e. The van der Waals surface area contributed by atoms with Gasteiger partial charge in [-0.3, -0.25) is 4.79 Å². The van der Waals surface area contributed by atoms with Crippen molar-refractivity contribution in [2.24, 2.45) is 58.0 Å². The third-order valence-electron chi connectivity index (χ3n) is 11.3. The Labute approximate surface area is 195 Å². The van der Waals surface area contributed by atoms with Gasteiger partial charge in [-0.1, -0.05) is 34.1 Å². The molecule has 0 spiro atoms. The van der Waals surface area contributed by atoms with Crippen LogP contribution in [0.2, 0.25) is 0 Å². The minimum absolute atomic E-state index is 0.0645. The fourth-order valence-corrected chi connectivity index (χ4v) is 9.69. The summed E-state index contributed by atoms with van der Waals surface area (Å²) in [5.74, 6) is 3.54. The Balaban J connectivity index is 1.55. The van der Waals surface area contributed by atoms with Crippen LogP contribution in [0.15, 0.2) is 0 Å². The molecule has 0 saturated heterocycles. The summed E-state index contributed by atoms with van der Waals surface area (Å²) in [6.07, 6.45) is 9.90. The van der Waals surface area contributed by atoms with E-state index < -0.39 is 0 Å². The van der Waals surface area contributed by atoms with E-state index in [-0.39, 0.29) is 35.6 Å². The number of nitrogens with one attached hydrogen (secondary N) is 1. The molecule has 4 aliphatic carbocycles. The van der Waals surface area contributed by atoms with Gasteiger partial charge in [0.15, 0.2) is 0 Å². The highest BCUT2D eigenvalue weighted by molar-refractivity contribution is 5.75. The van der Waals surface area contributed by atoms with E-state index in [1.807, 2.05) is 0 Å². The van der Waals surface area contributed by atoms with Gasteiger partial charge in [0.25, 0.3) is 0 Å². The van der Waals surface area contributed by atoms with Crippen LogP contribution in [0.1, 0.15) is 91.9 Å². The van der Waals surface area contributed by atoms with E-state index in [0.717, 1.165) is 32.1 Å². The number of nitrogens with two attached hydrogens (primary N) is 1. The predicted octanol–water partition coefficient (Wildman–Crippen LogP) is 4.06. The van der Waals surface area contributed by atoms with Gasteiger partial charge in [0.05, 0.1) is 18.9 Å². The molecule has 0 aromatic carbocycles. The zero-order valence-electron chi connectivity index (χ0n) is 20.9. The molecule has 0 aromatic heterocycles. The van der Waals surface area contributed by atoms with Crippen molar-refractivity contribution in [1.82, 2.24) is 5.32 Å². The molecule has 0 aliphatic heterocycles. The maximum absolute atomic E-state index is 12.0. The number of rotatable bonds is 6. The Morgan fingerprint density at radius 3 is 2.44 bits per heavy atom. The molecule has 4 aliphatic rings. The van der Waals surface area contributed by atoms with Gasteiger partial charge in [0, 0.05) is 6.42 Å². The third-order valence-corrected chi connectivity index (χ3v) is 11.3. The Bertz CT molecular complexity index is 686. The van der Waals surface area contributed by atoms with E-state index >= 15 is 0 Å². The van der Waals surface area contributed by atoms with Crippen molar-refractivity contribution < 1.29 is 15.0 Å². The van der Waals surface area contributed by atoms with Gasteiger partial charge in [0.2, 0.25) is 5.91 Å². The van der Waals surface area contributed by atoms with Crippen LogP contribution in [0.25, 0.3) is 0 Å². The molecule has 0 aromatic rings. The summed E-state index contributed by atoms with van der Waals surface area (Å²) < 4.78 is 0. The Morgan fingerprint density at radius 2 is 1.75 bits per heavy atom. The zero-order chi connectivity index (χ0) is 23.3. The van der Waals surface area contributed by atoms with Gasteiger partial charge in [-0.25, -0.2) is 0 Å². The van der Waals surface area contributed by atoms with Crippen molar-refractivity contribution in [3.05, 3.63) is 0 Å². The van der Waals surface area contributed by atoms with Crippen molar-refractivity contribution in [1.29, 1.82) is 0 Å². The summed E-state index contributed by atoms with van der Waals surface area (Å²) in [7, 11) is 0. The van der Waals surface area contributed by atoms with Crippen LogP contribution >= 0.6 is 0 Å². The van der Waals surface area contributed by atoms with Crippen molar-refractivity contribution in [3.8, 4) is 0 Å². The lowest BCUT2D eigenvalue weighted by molar-refractivity contribution is -0.203. The van der Waals surface area contributed by atoms with E-state index in [9.17, 15) is 15.0 Å². The van der Waals surface area contributed by atoms with Gasteiger partial charge in [-0.15, -0.1) is 0 Å². The van der Waals surface area contributed by atoms with E-state index in [2.05, 4.69) is 33.0 Å². The minimum atomic E-state index is -0.234. The van der Waals surface area contributed by atoms with Crippen LogP contribution in [-0.4, -0.2) is 35.0 Å². The lowest BCUT2D eigenvalue weighted by atomic mass is 9.41. The van der Waals surface area contributed by atoms with E-state index in [1.165, 1.54) is 25.7 Å². The molecule has 5 N–H and O–H groups in total. The van der Waals surface area contributed by atoms with Gasteiger partial charge in [-0.2, -0.15) is 0 Å². The van der Waals surface area contributed by atoms with E-state index in [4.69, 9.17) is 5.73 Å². The monoisotopic (exact) mass is 448 g/mol. The average molecular weight is 449 g/mol. The molecule has 11 atom stereocenters. The van der Waals surface area contributed by atoms with E-state index in [0.29, 0.717) is 47.8 Å². The highest BCUT2D eigenvalue weighted by atomic mass is 16.3. The van der Waals surface area contributed by atoms with Gasteiger partial charge < -0.3 is 21.3 Å². The third kappa shape index (κ3) is 3.84. The topological polar surface area (TPSA) is 95.6 Å². The summed E-state index contributed by atoms with van der Waals surface area (Å²) in [5, 5.41) is 25.0. The highest BCUT2D eigenvalue weighted by Crippen LogP contribution is 2.69. The summed E-state index contributed by atoms with van der Waals surface area (Å²) >= 11 is 0. The molecule has 4 rings (SSSR count). The van der Waals surface area contributed by atoms with Crippen LogP contribution in [0.4, 0.5) is 0 Å². The first-order chi connectivity index (χ1) is 15.2. The van der Waals surface area contributed by atoms with E-state index in [1.54, 1.807) is 0 Å². The van der Waals surface area contributed by atoms with Gasteiger partial charge >= 0.3 is 0 Å². The molecule has 0 bridgehead atoms. The Hall–Kier alpha value is -0.650. The second-order valence-electron chi connectivity index (χ2n) is 12.4. The van der Waals surface area contributed by atoms with Crippen molar-refractivity contribution >= 4 is 5.91 Å². The first-order valence-electron chi connectivity index (χ1n) is 13.5. The molecular formula is C27H48N2O3. The predicted molar refractivity (Wildman–Crippen MR) is 127 cm³/mol. The van der Waals surface area contributed by atoms with Gasteiger partial charge in [-0.05, 0) is 104 Å². The number of hydrogen-bond acceptors (Lipinski definition) is 4. The smallest absolute Gasteiger partial charge is 0.220 e. The molecule has 0 unspecified atom stereocenters. The molecule has 0 heterocycles. The fourth-order valence-electron chi connectivity index (χ4n) is 9.69. The fraction of sp³-hybridized carbons (Fsp3) is 0.963. The van der Waals surface area contributed by atoms with Gasteiger partial charge in [0.1, 0.15) is 0 Å². The number of aliphatic hydroxyl groups is 2. The first kappa shape index (κ1) is 24.5. The second-order valence-corrected chi connectivity index (χ2v) is 12.4. The summed E-state index contributed by atoms with van der Waals surface area (Å²) in [4.78, 5) is 12.0. The number of fused-ring (bicyclic) bond motifs is 5. The first-order valence-corrected chi connectivity index (χ1v) is 13.5. The number of hydrogen-bond donors (Lipinski definition) is 4. The molecule has 4 fully saturated rings. The van der Waals surface area contributed by atoms with Crippen molar-refractivity contribution in [2.75, 3.05) is 6.67 Å². The van der Waals surface area contributed by atoms with Crippen LogP contribution < -0.4 is 11.1 Å². The normalized spacial score (nSPS) is 49.0. The average Bonchev–Trinajstić information content (AvgIpc) is 3.11. The van der Waals surface area contributed by atoms with Crippen molar-refractivity contribution in [3.63, 3.8) is 0 Å². The molecule has 5 nitrogen and oxygen atoms in total. The minimum Gasteiger partial charge on any atom is -0.393 e. The SMILES string of the molecule is CC[C@H]1[C@@H](O)[C@@H]2[C@H](CC[C@]3(C)[C@@H]([C@H](C)CCC(=O)NCN)CC[C@@H]23)[C@@]2(C)CC[C@@H](O)C[C@@H]12. The Morgan fingerprint density at radius 1 is 1.06 bits per heavy atom. The van der Waals surface area contributed by atoms with Crippen LogP contribution in [-0.2, 0) is 4.79 Å². The standard InChI is InChI=1S/C27H48N2O3/c1-5-18-22-14-17(30)10-12-27(22,4)21-11-13-26(3)19(7-8-20(26)24(21)25(18)32)16(2)6-9-23(31)29-15-28/h16-22,24-25,30,32H,5-15,28H2,1-4H3,(H,29,31)/t16-,17-,18-,19-,20+,21+,22+,24+,25-,26-,27-/m1/s1. The lowest BCUT2D eigenvalue weighted by Gasteiger charge is -2.64. The maximum atomic E-state index is 12.0. The number of aliphatic hydroxyl groups excluding tert-OH is 2. The van der Waals surface area contributed by atoms with Crippen LogP contribution in [0.3, 0.4) is 0 Å². The zero-order valence-corrected chi connectivity index (χ0v) is 20.9. The van der Waals surface area contributed by atoms with Crippen molar-refractivity contribution in [2.45, 2.75) is 104 Å².